The molecule has 34 heavy (non-hydrogen) atoms. The minimum atomic E-state index is 0.880. The molecule has 0 saturated heterocycles. The lowest BCUT2D eigenvalue weighted by Crippen LogP contribution is -1.90. The van der Waals surface area contributed by atoms with Crippen LogP contribution in [0.3, 0.4) is 0 Å². The molecular formula is C32H20N2. The van der Waals surface area contributed by atoms with Gasteiger partial charge in [0.25, 0.3) is 0 Å². The van der Waals surface area contributed by atoms with Crippen molar-refractivity contribution in [1.82, 2.24) is 9.97 Å². The molecule has 0 aliphatic carbocycles. The Hall–Kier alpha value is -4.56. The number of benzene rings is 6. The summed E-state index contributed by atoms with van der Waals surface area (Å²) in [5.41, 5.74) is 3.91. The topological polar surface area (TPSA) is 25.8 Å². The average Bonchev–Trinajstić information content (AvgIpc) is 2.92. The molecule has 1 aromatic heterocycles. The van der Waals surface area contributed by atoms with Crippen molar-refractivity contribution in [2.24, 2.45) is 0 Å². The number of nitrogens with zero attached hydrogens (tertiary/aromatic N) is 2. The molecule has 0 spiro atoms. The lowest BCUT2D eigenvalue weighted by atomic mass is 9.99. The highest BCUT2D eigenvalue weighted by Crippen LogP contribution is 2.31. The van der Waals surface area contributed by atoms with Gasteiger partial charge in [0.1, 0.15) is 0 Å². The number of aromatic nitrogens is 2. The molecule has 0 amide bonds. The number of fused-ring (bicyclic) bond motifs is 6. The van der Waals surface area contributed by atoms with E-state index in [-0.39, 0.29) is 0 Å². The summed E-state index contributed by atoms with van der Waals surface area (Å²) >= 11 is 0. The molecule has 2 heteroatoms. The molecule has 0 saturated carbocycles. The minimum Gasteiger partial charge on any atom is -0.252 e. The second-order valence-electron chi connectivity index (χ2n) is 8.73. The van der Waals surface area contributed by atoms with E-state index in [1.165, 1.54) is 43.1 Å². The molecule has 0 radical (unpaired) electrons. The summed E-state index contributed by atoms with van der Waals surface area (Å²) in [7, 11) is 0. The van der Waals surface area contributed by atoms with Crippen molar-refractivity contribution < 1.29 is 0 Å². The van der Waals surface area contributed by atoms with E-state index in [4.69, 9.17) is 9.97 Å². The molecule has 7 aromatic rings. The molecule has 2 nitrogen and oxygen atoms in total. The van der Waals surface area contributed by atoms with E-state index in [0.29, 0.717) is 0 Å². The van der Waals surface area contributed by atoms with Crippen LogP contribution in [0.1, 0.15) is 0 Å². The lowest BCUT2D eigenvalue weighted by Gasteiger charge is -2.08. The molecule has 0 aliphatic heterocycles. The molecule has 158 valence electrons. The Morgan fingerprint density at radius 2 is 0.765 bits per heavy atom. The average molecular weight is 433 g/mol. The van der Waals surface area contributed by atoms with Gasteiger partial charge in [0.05, 0.1) is 23.8 Å². The zero-order valence-electron chi connectivity index (χ0n) is 18.4. The first-order chi connectivity index (χ1) is 16.8. The van der Waals surface area contributed by atoms with Gasteiger partial charge >= 0.3 is 0 Å². The van der Waals surface area contributed by atoms with E-state index >= 15 is 0 Å². The first-order valence-electron chi connectivity index (χ1n) is 11.5. The second kappa shape index (κ2) is 7.50. The second-order valence-corrected chi connectivity index (χ2v) is 8.73. The fourth-order valence-electron chi connectivity index (χ4n) is 4.97. The van der Waals surface area contributed by atoms with Gasteiger partial charge in [0.2, 0.25) is 0 Å². The van der Waals surface area contributed by atoms with Crippen molar-refractivity contribution in [3.63, 3.8) is 0 Å². The maximum atomic E-state index is 4.76. The maximum absolute atomic E-state index is 4.76. The van der Waals surface area contributed by atoms with Gasteiger partial charge in [-0.05, 0) is 55.2 Å². The van der Waals surface area contributed by atoms with Crippen LogP contribution >= 0.6 is 0 Å². The molecule has 0 bridgehead atoms. The molecule has 1 heterocycles. The van der Waals surface area contributed by atoms with E-state index in [1.54, 1.807) is 0 Å². The van der Waals surface area contributed by atoms with Crippen LogP contribution in [0.25, 0.3) is 65.6 Å². The van der Waals surface area contributed by atoms with E-state index in [0.717, 1.165) is 22.5 Å². The van der Waals surface area contributed by atoms with Crippen molar-refractivity contribution in [3.05, 3.63) is 122 Å². The fraction of sp³-hybridized carbons (Fsp3) is 0. The van der Waals surface area contributed by atoms with Gasteiger partial charge in [-0.25, -0.2) is 0 Å². The molecule has 7 rings (SSSR count). The summed E-state index contributed by atoms with van der Waals surface area (Å²) in [5, 5.41) is 10.0. The Morgan fingerprint density at radius 1 is 0.353 bits per heavy atom. The van der Waals surface area contributed by atoms with E-state index in [9.17, 15) is 0 Å². The largest absolute Gasteiger partial charge is 0.252 e. The standard InChI is InChI=1S/C32H20N2/c1-3-7-27-21(5-1)9-11-23-17-25(13-15-29(23)27)31-19-34-32(20-33-31)26-14-16-30-24(18-26)12-10-22-6-2-4-8-28(22)30/h1-20H. The van der Waals surface area contributed by atoms with Gasteiger partial charge in [0, 0.05) is 11.1 Å². The van der Waals surface area contributed by atoms with Crippen molar-refractivity contribution in [1.29, 1.82) is 0 Å². The minimum absolute atomic E-state index is 0.880. The van der Waals surface area contributed by atoms with Crippen LogP contribution in [0.4, 0.5) is 0 Å². The van der Waals surface area contributed by atoms with Gasteiger partial charge in [-0.1, -0.05) is 97.1 Å². The van der Waals surface area contributed by atoms with E-state index in [2.05, 4.69) is 109 Å². The first kappa shape index (κ1) is 19.0. The molecule has 0 atom stereocenters. The van der Waals surface area contributed by atoms with Crippen LogP contribution < -0.4 is 0 Å². The summed E-state index contributed by atoms with van der Waals surface area (Å²) in [4.78, 5) is 9.52. The SMILES string of the molecule is c1ccc2c(c1)ccc1cc(-c3cnc(-c4ccc5c(ccc6ccccc65)c4)cn3)ccc12. The quantitative estimate of drug-likeness (QED) is 0.256. The molecule has 0 N–H and O–H groups in total. The summed E-state index contributed by atoms with van der Waals surface area (Å²) < 4.78 is 0. The molecule has 6 aromatic carbocycles. The normalized spacial score (nSPS) is 11.5. The van der Waals surface area contributed by atoms with Crippen molar-refractivity contribution in [2.45, 2.75) is 0 Å². The highest BCUT2D eigenvalue weighted by Gasteiger charge is 2.08. The maximum Gasteiger partial charge on any atom is 0.0885 e. The van der Waals surface area contributed by atoms with Gasteiger partial charge in [-0.3, -0.25) is 9.97 Å². The highest BCUT2D eigenvalue weighted by atomic mass is 14.8. The number of hydrogen-bond donors (Lipinski definition) is 0. The van der Waals surface area contributed by atoms with Crippen LogP contribution in [0.2, 0.25) is 0 Å². The Kier molecular flexibility index (Phi) is 4.18. The Labute approximate surface area is 197 Å². The highest BCUT2D eigenvalue weighted by molar-refractivity contribution is 6.09. The zero-order chi connectivity index (χ0) is 22.5. The van der Waals surface area contributed by atoms with Crippen molar-refractivity contribution in [2.75, 3.05) is 0 Å². The van der Waals surface area contributed by atoms with Gasteiger partial charge in [-0.2, -0.15) is 0 Å². The van der Waals surface area contributed by atoms with Crippen LogP contribution in [-0.2, 0) is 0 Å². The van der Waals surface area contributed by atoms with Gasteiger partial charge in [0.15, 0.2) is 0 Å². The number of rotatable bonds is 2. The summed E-state index contributed by atoms with van der Waals surface area (Å²) in [6, 6.07) is 38.8. The van der Waals surface area contributed by atoms with Crippen LogP contribution in [0, 0.1) is 0 Å². The first-order valence-corrected chi connectivity index (χ1v) is 11.5. The predicted octanol–water partition coefficient (Wildman–Crippen LogP) is 8.42. The lowest BCUT2D eigenvalue weighted by molar-refractivity contribution is 1.21. The third-order valence-corrected chi connectivity index (χ3v) is 6.73. The zero-order valence-corrected chi connectivity index (χ0v) is 18.4. The van der Waals surface area contributed by atoms with Gasteiger partial charge in [-0.15, -0.1) is 0 Å². The molecule has 0 fully saturated rings. The third-order valence-electron chi connectivity index (χ3n) is 6.73. The Balaban J connectivity index is 1.26. The van der Waals surface area contributed by atoms with Crippen LogP contribution in [0.5, 0.6) is 0 Å². The monoisotopic (exact) mass is 432 g/mol. The van der Waals surface area contributed by atoms with Crippen molar-refractivity contribution >= 4 is 43.1 Å². The van der Waals surface area contributed by atoms with Crippen molar-refractivity contribution in [3.8, 4) is 22.5 Å². The predicted molar refractivity (Wildman–Crippen MR) is 143 cm³/mol. The van der Waals surface area contributed by atoms with Crippen LogP contribution in [0.15, 0.2) is 122 Å². The summed E-state index contributed by atoms with van der Waals surface area (Å²) in [5.74, 6) is 0. The summed E-state index contributed by atoms with van der Waals surface area (Å²) in [6.45, 7) is 0. The fourth-order valence-corrected chi connectivity index (χ4v) is 4.97. The number of hydrogen-bond acceptors (Lipinski definition) is 2. The molecule has 0 aliphatic rings. The Morgan fingerprint density at radius 3 is 1.24 bits per heavy atom. The van der Waals surface area contributed by atoms with Gasteiger partial charge < -0.3 is 0 Å². The van der Waals surface area contributed by atoms with E-state index in [1.807, 2.05) is 12.4 Å². The third kappa shape index (κ3) is 3.04. The molecule has 0 unspecified atom stereocenters. The van der Waals surface area contributed by atoms with E-state index < -0.39 is 0 Å². The Bertz CT molecular complexity index is 1710. The van der Waals surface area contributed by atoms with Crippen LogP contribution in [-0.4, -0.2) is 9.97 Å². The smallest absolute Gasteiger partial charge is 0.0885 e. The summed E-state index contributed by atoms with van der Waals surface area (Å²) in [6.07, 6.45) is 3.75. The molecular weight excluding hydrogens is 412 g/mol.